The van der Waals surface area contributed by atoms with Gasteiger partial charge in [0.1, 0.15) is 11.5 Å². The third kappa shape index (κ3) is 2.66. The lowest BCUT2D eigenvalue weighted by Gasteiger charge is -2.56. The second-order valence-corrected chi connectivity index (χ2v) is 8.58. The first-order chi connectivity index (χ1) is 11.2. The monoisotopic (exact) mass is 364 g/mol. The third-order valence-corrected chi connectivity index (χ3v) is 6.00. The van der Waals surface area contributed by atoms with Gasteiger partial charge in [0.25, 0.3) is 0 Å². The fourth-order valence-corrected chi connectivity index (χ4v) is 4.54. The van der Waals surface area contributed by atoms with Crippen molar-refractivity contribution in [1.82, 2.24) is 0 Å². The van der Waals surface area contributed by atoms with Gasteiger partial charge in [-0.15, -0.1) is 0 Å². The smallest absolute Gasteiger partial charge is 0.134 e. The topological polar surface area (TPSA) is 40.5 Å². The zero-order chi connectivity index (χ0) is 17.7. The molecule has 1 aliphatic rings. The molecule has 2 N–H and O–H groups in total. The minimum absolute atomic E-state index is 0.0888. The maximum atomic E-state index is 9.79. The fourth-order valence-electron chi connectivity index (χ4n) is 4.18. The molecule has 0 spiro atoms. The maximum absolute atomic E-state index is 9.79. The van der Waals surface area contributed by atoms with Crippen LogP contribution in [0.5, 0.6) is 11.5 Å². The van der Waals surface area contributed by atoms with Gasteiger partial charge in [-0.2, -0.15) is 0 Å². The number of hydrogen-bond donors (Lipinski definition) is 2. The van der Waals surface area contributed by atoms with E-state index in [1.165, 1.54) is 0 Å². The largest absolute Gasteiger partial charge is 0.506 e. The lowest BCUT2D eigenvalue weighted by atomic mass is 9.47. The molecule has 0 bridgehead atoms. The van der Waals surface area contributed by atoms with Gasteiger partial charge in [0, 0.05) is 5.41 Å². The Labute approximate surface area is 153 Å². The standard InChI is InChI=1S/C20H22Cl2O2/c1-19(2,3)18-8-9-20(18,12-4-6-16(23)14(21)10-12)13-5-7-17(24)15(22)11-13/h4-7,10-11,18,23-24H,8-9H2,1-3H3. The summed E-state index contributed by atoms with van der Waals surface area (Å²) in [6.45, 7) is 6.74. The van der Waals surface area contributed by atoms with E-state index in [1.807, 2.05) is 24.3 Å². The first kappa shape index (κ1) is 17.4. The summed E-state index contributed by atoms with van der Waals surface area (Å²) >= 11 is 12.4. The number of hydrogen-bond acceptors (Lipinski definition) is 2. The van der Waals surface area contributed by atoms with Crippen LogP contribution in [-0.4, -0.2) is 10.2 Å². The summed E-state index contributed by atoms with van der Waals surface area (Å²) in [4.78, 5) is 0. The number of benzene rings is 2. The summed E-state index contributed by atoms with van der Waals surface area (Å²) in [5.41, 5.74) is 2.05. The second kappa shape index (κ2) is 5.86. The molecule has 0 aliphatic heterocycles. The van der Waals surface area contributed by atoms with Crippen LogP contribution < -0.4 is 0 Å². The van der Waals surface area contributed by atoms with Crippen LogP contribution in [0.15, 0.2) is 36.4 Å². The number of rotatable bonds is 2. The van der Waals surface area contributed by atoms with Crippen molar-refractivity contribution in [2.24, 2.45) is 11.3 Å². The highest BCUT2D eigenvalue weighted by Crippen LogP contribution is 2.60. The molecule has 1 fully saturated rings. The Morgan fingerprint density at radius 1 is 0.917 bits per heavy atom. The lowest BCUT2D eigenvalue weighted by Crippen LogP contribution is -2.51. The van der Waals surface area contributed by atoms with Crippen molar-refractivity contribution < 1.29 is 10.2 Å². The van der Waals surface area contributed by atoms with E-state index >= 15 is 0 Å². The Balaban J connectivity index is 2.21. The van der Waals surface area contributed by atoms with Crippen LogP contribution in [0.1, 0.15) is 44.7 Å². The van der Waals surface area contributed by atoms with Crippen LogP contribution in [0, 0.1) is 11.3 Å². The average molecular weight is 365 g/mol. The van der Waals surface area contributed by atoms with E-state index in [2.05, 4.69) is 20.8 Å². The quantitative estimate of drug-likeness (QED) is 0.670. The second-order valence-electron chi connectivity index (χ2n) is 7.76. The van der Waals surface area contributed by atoms with Gasteiger partial charge in [-0.05, 0) is 59.6 Å². The van der Waals surface area contributed by atoms with Crippen molar-refractivity contribution in [3.8, 4) is 11.5 Å². The molecule has 1 saturated carbocycles. The summed E-state index contributed by atoms with van der Waals surface area (Å²) in [5.74, 6) is 0.586. The van der Waals surface area contributed by atoms with Gasteiger partial charge in [0.15, 0.2) is 0 Å². The molecule has 2 nitrogen and oxygen atoms in total. The highest BCUT2D eigenvalue weighted by molar-refractivity contribution is 6.32. The van der Waals surface area contributed by atoms with Crippen LogP contribution in [0.25, 0.3) is 0 Å². The Bertz CT molecular complexity index is 726. The predicted molar refractivity (Wildman–Crippen MR) is 99.2 cm³/mol. The van der Waals surface area contributed by atoms with Crippen molar-refractivity contribution in [2.45, 2.75) is 39.0 Å². The van der Waals surface area contributed by atoms with Gasteiger partial charge in [-0.1, -0.05) is 56.1 Å². The molecule has 0 heterocycles. The molecule has 0 radical (unpaired) electrons. The Hall–Kier alpha value is -1.38. The molecule has 1 atom stereocenters. The summed E-state index contributed by atoms with van der Waals surface area (Å²) in [6, 6.07) is 10.9. The SMILES string of the molecule is CC(C)(C)C1CCC1(c1ccc(O)c(Cl)c1)c1ccc(O)c(Cl)c1. The van der Waals surface area contributed by atoms with E-state index < -0.39 is 0 Å². The average Bonchev–Trinajstić information content (AvgIpc) is 2.44. The van der Waals surface area contributed by atoms with E-state index in [0.29, 0.717) is 16.0 Å². The van der Waals surface area contributed by atoms with Crippen molar-refractivity contribution >= 4 is 23.2 Å². The summed E-state index contributed by atoms with van der Waals surface area (Å²) in [5, 5.41) is 20.3. The van der Waals surface area contributed by atoms with Crippen LogP contribution in [0.2, 0.25) is 10.0 Å². The molecule has 2 aromatic rings. The summed E-state index contributed by atoms with van der Waals surface area (Å²) in [6.07, 6.45) is 2.09. The van der Waals surface area contributed by atoms with E-state index in [1.54, 1.807) is 12.1 Å². The molecule has 1 unspecified atom stereocenters. The summed E-state index contributed by atoms with van der Waals surface area (Å²) < 4.78 is 0. The van der Waals surface area contributed by atoms with Crippen molar-refractivity contribution in [3.05, 3.63) is 57.6 Å². The third-order valence-electron chi connectivity index (χ3n) is 5.39. The molecule has 3 rings (SSSR count). The normalized spacial score (nSPS) is 19.8. The fraction of sp³-hybridized carbons (Fsp3) is 0.400. The van der Waals surface area contributed by atoms with Crippen molar-refractivity contribution in [3.63, 3.8) is 0 Å². The van der Waals surface area contributed by atoms with Gasteiger partial charge in [0.2, 0.25) is 0 Å². The van der Waals surface area contributed by atoms with E-state index in [0.717, 1.165) is 24.0 Å². The van der Waals surface area contributed by atoms with E-state index in [4.69, 9.17) is 23.2 Å². The maximum Gasteiger partial charge on any atom is 0.134 e. The molecule has 0 aromatic heterocycles. The Morgan fingerprint density at radius 3 is 1.67 bits per heavy atom. The molecular formula is C20H22Cl2O2. The van der Waals surface area contributed by atoms with Gasteiger partial charge < -0.3 is 10.2 Å². The zero-order valence-electron chi connectivity index (χ0n) is 14.1. The first-order valence-electron chi connectivity index (χ1n) is 8.14. The molecule has 0 saturated heterocycles. The van der Waals surface area contributed by atoms with Crippen LogP contribution >= 0.6 is 23.2 Å². The predicted octanol–water partition coefficient (Wildman–Crippen LogP) is 6.15. The van der Waals surface area contributed by atoms with E-state index in [9.17, 15) is 10.2 Å². The number of phenolic OH excluding ortho intramolecular Hbond substituents is 2. The van der Waals surface area contributed by atoms with Gasteiger partial charge in [0.05, 0.1) is 10.0 Å². The minimum Gasteiger partial charge on any atom is -0.506 e. The van der Waals surface area contributed by atoms with Gasteiger partial charge in [-0.25, -0.2) is 0 Å². The zero-order valence-corrected chi connectivity index (χ0v) is 15.6. The minimum atomic E-state index is -0.215. The van der Waals surface area contributed by atoms with E-state index in [-0.39, 0.29) is 22.3 Å². The summed E-state index contributed by atoms with van der Waals surface area (Å²) in [7, 11) is 0. The highest BCUT2D eigenvalue weighted by atomic mass is 35.5. The molecule has 4 heteroatoms. The van der Waals surface area contributed by atoms with Gasteiger partial charge in [-0.3, -0.25) is 0 Å². The van der Waals surface area contributed by atoms with Crippen LogP contribution in [0.3, 0.4) is 0 Å². The van der Waals surface area contributed by atoms with Crippen LogP contribution in [-0.2, 0) is 5.41 Å². The molecule has 128 valence electrons. The molecule has 24 heavy (non-hydrogen) atoms. The molecule has 0 amide bonds. The first-order valence-corrected chi connectivity index (χ1v) is 8.90. The number of phenols is 2. The Kier molecular flexibility index (Phi) is 4.26. The Morgan fingerprint density at radius 2 is 1.38 bits per heavy atom. The number of halogens is 2. The number of aromatic hydroxyl groups is 2. The molecule has 1 aliphatic carbocycles. The molecular weight excluding hydrogens is 343 g/mol. The lowest BCUT2D eigenvalue weighted by molar-refractivity contribution is 0.0481. The van der Waals surface area contributed by atoms with Crippen molar-refractivity contribution in [1.29, 1.82) is 0 Å². The van der Waals surface area contributed by atoms with Gasteiger partial charge >= 0.3 is 0 Å². The molecule has 2 aromatic carbocycles. The van der Waals surface area contributed by atoms with Crippen molar-refractivity contribution in [2.75, 3.05) is 0 Å². The van der Waals surface area contributed by atoms with Crippen LogP contribution in [0.4, 0.5) is 0 Å². The highest BCUT2D eigenvalue weighted by Gasteiger charge is 2.53.